The number of rotatable bonds is 5. The molecule has 0 N–H and O–H groups in total. The van der Waals surface area contributed by atoms with Crippen LogP contribution in [0.2, 0.25) is 0 Å². The third kappa shape index (κ3) is 4.70. The van der Waals surface area contributed by atoms with Crippen LogP contribution >= 0.6 is 11.3 Å². The Balaban J connectivity index is 1.08. The van der Waals surface area contributed by atoms with Crippen molar-refractivity contribution < 1.29 is 4.42 Å². The Morgan fingerprint density at radius 2 is 1.02 bits per heavy atom. The first-order valence-corrected chi connectivity index (χ1v) is 17.4. The molecule has 0 aliphatic heterocycles. The second-order valence-corrected chi connectivity index (χ2v) is 13.6. The molecule has 0 fully saturated rings. The molecule has 10 rings (SSSR count). The average Bonchev–Trinajstić information content (AvgIpc) is 3.73. The van der Waals surface area contributed by atoms with Gasteiger partial charge in [0.2, 0.25) is 0 Å². The predicted molar refractivity (Wildman–Crippen MR) is 210 cm³/mol. The van der Waals surface area contributed by atoms with E-state index in [0.29, 0.717) is 0 Å². The Morgan fingerprint density at radius 1 is 0.367 bits per heavy atom. The summed E-state index contributed by atoms with van der Waals surface area (Å²) in [6.07, 6.45) is 0. The van der Waals surface area contributed by atoms with Crippen molar-refractivity contribution in [1.82, 2.24) is 0 Å². The van der Waals surface area contributed by atoms with Crippen molar-refractivity contribution in [3.8, 4) is 22.3 Å². The molecule has 49 heavy (non-hydrogen) atoms. The maximum Gasteiger partial charge on any atom is 0.136 e. The van der Waals surface area contributed by atoms with Gasteiger partial charge in [-0.05, 0) is 93.7 Å². The van der Waals surface area contributed by atoms with Crippen LogP contribution in [-0.4, -0.2) is 0 Å². The molecule has 0 bridgehead atoms. The highest BCUT2D eigenvalue weighted by atomic mass is 32.1. The molecule has 0 radical (unpaired) electrons. The SMILES string of the molecule is c1ccc(-c2cccc(N(c3ccc(-c4ccc5c(c4)oc4ccc6ccccc6c45)cc3)c3ccc4c(c3)sc3ccccc34)c2)cc1. The summed E-state index contributed by atoms with van der Waals surface area (Å²) in [6.45, 7) is 0. The summed E-state index contributed by atoms with van der Waals surface area (Å²) in [7, 11) is 0. The van der Waals surface area contributed by atoms with E-state index < -0.39 is 0 Å². The minimum absolute atomic E-state index is 0.906. The number of hydrogen-bond donors (Lipinski definition) is 0. The maximum atomic E-state index is 6.40. The maximum absolute atomic E-state index is 6.40. The van der Waals surface area contributed by atoms with Gasteiger partial charge in [-0.3, -0.25) is 0 Å². The highest BCUT2D eigenvalue weighted by Crippen LogP contribution is 2.42. The monoisotopic (exact) mass is 643 g/mol. The van der Waals surface area contributed by atoms with Gasteiger partial charge in [0.25, 0.3) is 0 Å². The topological polar surface area (TPSA) is 16.4 Å². The average molecular weight is 644 g/mol. The van der Waals surface area contributed by atoms with Crippen LogP contribution in [0.25, 0.3) is 75.1 Å². The molecule has 3 heteroatoms. The minimum Gasteiger partial charge on any atom is -0.456 e. The fraction of sp³-hybridized carbons (Fsp3) is 0. The van der Waals surface area contributed by atoms with Gasteiger partial charge in [-0.25, -0.2) is 0 Å². The summed E-state index contributed by atoms with van der Waals surface area (Å²) in [6, 6.07) is 63.2. The Bertz CT molecular complexity index is 2830. The van der Waals surface area contributed by atoms with Gasteiger partial charge >= 0.3 is 0 Å². The van der Waals surface area contributed by atoms with Crippen LogP contribution < -0.4 is 4.90 Å². The van der Waals surface area contributed by atoms with E-state index in [-0.39, 0.29) is 0 Å². The third-order valence-electron chi connectivity index (χ3n) is 9.65. The van der Waals surface area contributed by atoms with Gasteiger partial charge in [0.1, 0.15) is 11.2 Å². The summed E-state index contributed by atoms with van der Waals surface area (Å²) in [5.41, 5.74) is 9.85. The molecule has 8 aromatic carbocycles. The van der Waals surface area contributed by atoms with Gasteiger partial charge in [-0.15, -0.1) is 11.3 Å². The molecule has 2 aromatic heterocycles. The van der Waals surface area contributed by atoms with Crippen molar-refractivity contribution in [3.63, 3.8) is 0 Å². The van der Waals surface area contributed by atoms with Crippen LogP contribution in [-0.2, 0) is 0 Å². The molecule has 0 aliphatic rings. The van der Waals surface area contributed by atoms with E-state index in [9.17, 15) is 0 Å². The van der Waals surface area contributed by atoms with Crippen molar-refractivity contribution >= 4 is 81.3 Å². The number of nitrogens with zero attached hydrogens (tertiary/aromatic N) is 1. The quantitative estimate of drug-likeness (QED) is 0.186. The second-order valence-electron chi connectivity index (χ2n) is 12.6. The standard InChI is InChI=1S/C46H29NOS/c1-2-9-30(10-3-1)33-12-8-13-36(27-33)47(37-23-25-40-39-15-6-7-16-44(39)49-45(40)29-37)35-21-17-31(18-22-35)34-19-24-41-43(28-34)48-42-26-20-32-11-4-5-14-38(32)46(41)42/h1-29H. The van der Waals surface area contributed by atoms with E-state index >= 15 is 0 Å². The van der Waals surface area contributed by atoms with Crippen molar-refractivity contribution in [2.75, 3.05) is 4.90 Å². The highest BCUT2D eigenvalue weighted by Gasteiger charge is 2.17. The molecule has 2 nitrogen and oxygen atoms in total. The molecule has 0 aliphatic carbocycles. The first-order valence-electron chi connectivity index (χ1n) is 16.6. The first kappa shape index (κ1) is 27.9. The third-order valence-corrected chi connectivity index (χ3v) is 10.8. The summed E-state index contributed by atoms with van der Waals surface area (Å²) in [5, 5.41) is 7.38. The van der Waals surface area contributed by atoms with E-state index in [1.165, 1.54) is 47.5 Å². The number of benzene rings is 8. The van der Waals surface area contributed by atoms with Crippen molar-refractivity contribution in [1.29, 1.82) is 0 Å². The van der Waals surface area contributed by atoms with Crippen LogP contribution in [0, 0.1) is 0 Å². The Labute approximate surface area is 287 Å². The van der Waals surface area contributed by atoms with Gasteiger partial charge < -0.3 is 9.32 Å². The van der Waals surface area contributed by atoms with Crippen LogP contribution in [0.1, 0.15) is 0 Å². The summed E-state index contributed by atoms with van der Waals surface area (Å²) in [4.78, 5) is 2.37. The largest absolute Gasteiger partial charge is 0.456 e. The molecule has 10 aromatic rings. The van der Waals surface area contributed by atoms with E-state index in [2.05, 4.69) is 181 Å². The van der Waals surface area contributed by atoms with Gasteiger partial charge in [0.15, 0.2) is 0 Å². The zero-order chi connectivity index (χ0) is 32.3. The molecule has 230 valence electrons. The van der Waals surface area contributed by atoms with E-state index in [1.54, 1.807) is 0 Å². The predicted octanol–water partition coefficient (Wildman–Crippen LogP) is 13.9. The molecule has 0 atom stereocenters. The molecular formula is C46H29NOS. The molecule has 0 saturated carbocycles. The molecular weight excluding hydrogens is 615 g/mol. The van der Waals surface area contributed by atoms with Crippen molar-refractivity contribution in [3.05, 3.63) is 176 Å². The number of hydrogen-bond acceptors (Lipinski definition) is 3. The molecule has 2 heterocycles. The van der Waals surface area contributed by atoms with E-state index in [4.69, 9.17) is 4.42 Å². The summed E-state index contributed by atoms with van der Waals surface area (Å²) in [5.74, 6) is 0. The summed E-state index contributed by atoms with van der Waals surface area (Å²) >= 11 is 1.85. The lowest BCUT2D eigenvalue weighted by molar-refractivity contribution is 0.669. The fourth-order valence-electron chi connectivity index (χ4n) is 7.28. The Hall–Kier alpha value is -6.16. The normalized spacial score (nSPS) is 11.7. The Morgan fingerprint density at radius 3 is 1.92 bits per heavy atom. The molecule has 0 spiro atoms. The smallest absolute Gasteiger partial charge is 0.136 e. The minimum atomic E-state index is 0.906. The highest BCUT2D eigenvalue weighted by molar-refractivity contribution is 7.25. The van der Waals surface area contributed by atoms with Gasteiger partial charge in [-0.2, -0.15) is 0 Å². The van der Waals surface area contributed by atoms with Crippen molar-refractivity contribution in [2.24, 2.45) is 0 Å². The van der Waals surface area contributed by atoms with Gasteiger partial charge in [0.05, 0.1) is 0 Å². The second kappa shape index (κ2) is 11.2. The van der Waals surface area contributed by atoms with Crippen LogP contribution in [0.3, 0.4) is 0 Å². The zero-order valence-electron chi connectivity index (χ0n) is 26.5. The zero-order valence-corrected chi connectivity index (χ0v) is 27.3. The lowest BCUT2D eigenvalue weighted by Crippen LogP contribution is -2.09. The van der Waals surface area contributed by atoms with Crippen LogP contribution in [0.15, 0.2) is 180 Å². The van der Waals surface area contributed by atoms with Crippen molar-refractivity contribution in [2.45, 2.75) is 0 Å². The van der Waals surface area contributed by atoms with Crippen LogP contribution in [0.5, 0.6) is 0 Å². The number of thiophene rings is 1. The molecule has 0 amide bonds. The fourth-order valence-corrected chi connectivity index (χ4v) is 8.42. The lowest BCUT2D eigenvalue weighted by Gasteiger charge is -2.26. The van der Waals surface area contributed by atoms with Crippen LogP contribution in [0.4, 0.5) is 17.1 Å². The number of anilines is 3. The molecule has 0 saturated heterocycles. The van der Waals surface area contributed by atoms with Gasteiger partial charge in [-0.1, -0.05) is 115 Å². The number of fused-ring (bicyclic) bond motifs is 8. The van der Waals surface area contributed by atoms with E-state index in [0.717, 1.165) is 44.7 Å². The van der Waals surface area contributed by atoms with Gasteiger partial charge in [0, 0.05) is 48.0 Å². The van der Waals surface area contributed by atoms with E-state index in [1.807, 2.05) is 11.3 Å². The lowest BCUT2D eigenvalue weighted by atomic mass is 10.0. The Kier molecular flexibility index (Phi) is 6.39. The molecule has 0 unspecified atom stereocenters. The first-order chi connectivity index (χ1) is 24.3. The summed E-state index contributed by atoms with van der Waals surface area (Å²) < 4.78 is 8.99. The number of furan rings is 1.